The first-order chi connectivity index (χ1) is 8.68. The second kappa shape index (κ2) is 5.73. The number of hydrogen-bond acceptors (Lipinski definition) is 4. The van der Waals surface area contributed by atoms with Gasteiger partial charge in [0, 0.05) is 6.61 Å². The number of nitrogens with two attached hydrogens (primary N) is 1. The fourth-order valence-electron chi connectivity index (χ4n) is 1.98. The summed E-state index contributed by atoms with van der Waals surface area (Å²) < 4.78 is 11.1. The molecule has 0 spiro atoms. The third kappa shape index (κ3) is 2.92. The van der Waals surface area contributed by atoms with Gasteiger partial charge in [-0.15, -0.1) is 0 Å². The summed E-state index contributed by atoms with van der Waals surface area (Å²) in [6, 6.07) is 4.75. The number of benzene rings is 1. The standard InChI is InChI=1S/C13H17NO4/c14-12-10(13(15)16)5-3-6-11(12)18-8-9-4-1-2-7-17-9/h3,5-6,9H,1-2,4,7-8,14H2,(H,15,16). The van der Waals surface area contributed by atoms with Crippen molar-refractivity contribution in [2.24, 2.45) is 0 Å². The lowest BCUT2D eigenvalue weighted by Gasteiger charge is -2.23. The van der Waals surface area contributed by atoms with Gasteiger partial charge in [0.1, 0.15) is 12.4 Å². The van der Waals surface area contributed by atoms with Gasteiger partial charge in [-0.2, -0.15) is 0 Å². The van der Waals surface area contributed by atoms with Crippen LogP contribution in [0, 0.1) is 0 Å². The Morgan fingerprint density at radius 3 is 3.00 bits per heavy atom. The van der Waals surface area contributed by atoms with Crippen LogP contribution in [0.4, 0.5) is 5.69 Å². The van der Waals surface area contributed by atoms with Crippen LogP contribution in [0.15, 0.2) is 18.2 Å². The van der Waals surface area contributed by atoms with Crippen molar-refractivity contribution in [3.63, 3.8) is 0 Å². The normalized spacial score (nSPS) is 19.4. The highest BCUT2D eigenvalue weighted by molar-refractivity contribution is 5.95. The van der Waals surface area contributed by atoms with Crippen molar-refractivity contribution in [2.75, 3.05) is 18.9 Å². The molecule has 1 aromatic carbocycles. The van der Waals surface area contributed by atoms with Gasteiger partial charge < -0.3 is 20.3 Å². The summed E-state index contributed by atoms with van der Waals surface area (Å²) in [6.07, 6.45) is 3.27. The Morgan fingerprint density at radius 1 is 1.50 bits per heavy atom. The van der Waals surface area contributed by atoms with E-state index >= 15 is 0 Å². The number of carbonyl (C=O) groups is 1. The molecule has 1 aliphatic heterocycles. The number of anilines is 1. The number of carboxylic acid groups (broad SMARTS) is 1. The predicted molar refractivity (Wildman–Crippen MR) is 66.9 cm³/mol. The van der Waals surface area contributed by atoms with Gasteiger partial charge >= 0.3 is 5.97 Å². The maximum Gasteiger partial charge on any atom is 0.337 e. The number of nitrogen functional groups attached to an aromatic ring is 1. The maximum atomic E-state index is 10.9. The average Bonchev–Trinajstić information content (AvgIpc) is 2.38. The van der Waals surface area contributed by atoms with Crippen molar-refractivity contribution in [1.82, 2.24) is 0 Å². The average molecular weight is 251 g/mol. The van der Waals surface area contributed by atoms with Crippen molar-refractivity contribution in [3.8, 4) is 5.75 Å². The molecule has 1 aliphatic rings. The molecular formula is C13H17NO4. The van der Waals surface area contributed by atoms with Crippen LogP contribution in [0.5, 0.6) is 5.75 Å². The number of aromatic carboxylic acids is 1. The highest BCUT2D eigenvalue weighted by Crippen LogP contribution is 2.26. The lowest BCUT2D eigenvalue weighted by molar-refractivity contribution is -0.0109. The molecule has 0 amide bonds. The van der Waals surface area contributed by atoms with Gasteiger partial charge in [-0.1, -0.05) is 6.07 Å². The predicted octanol–water partition coefficient (Wildman–Crippen LogP) is 1.91. The van der Waals surface area contributed by atoms with E-state index in [2.05, 4.69) is 0 Å². The highest BCUT2D eigenvalue weighted by atomic mass is 16.5. The largest absolute Gasteiger partial charge is 0.489 e. The van der Waals surface area contributed by atoms with E-state index in [1.54, 1.807) is 12.1 Å². The molecule has 1 unspecified atom stereocenters. The van der Waals surface area contributed by atoms with E-state index in [1.165, 1.54) is 6.07 Å². The first kappa shape index (κ1) is 12.7. The molecule has 2 rings (SSSR count). The van der Waals surface area contributed by atoms with Crippen LogP contribution in [-0.4, -0.2) is 30.4 Å². The third-order valence-corrected chi connectivity index (χ3v) is 3.00. The Kier molecular flexibility index (Phi) is 4.04. The summed E-state index contributed by atoms with van der Waals surface area (Å²) in [6.45, 7) is 1.17. The van der Waals surface area contributed by atoms with E-state index in [0.717, 1.165) is 25.9 Å². The summed E-state index contributed by atoms with van der Waals surface area (Å²) in [5, 5.41) is 8.95. The monoisotopic (exact) mass is 251 g/mol. The Balaban J connectivity index is 2.00. The quantitative estimate of drug-likeness (QED) is 0.799. The number of rotatable bonds is 4. The van der Waals surface area contributed by atoms with Gasteiger partial charge in [0.2, 0.25) is 0 Å². The third-order valence-electron chi connectivity index (χ3n) is 3.00. The molecule has 5 heteroatoms. The summed E-state index contributed by atoms with van der Waals surface area (Å²) in [7, 11) is 0. The zero-order valence-electron chi connectivity index (χ0n) is 10.1. The van der Waals surface area contributed by atoms with Crippen molar-refractivity contribution in [1.29, 1.82) is 0 Å². The van der Waals surface area contributed by atoms with E-state index in [0.29, 0.717) is 12.4 Å². The van der Waals surface area contributed by atoms with Crippen LogP contribution >= 0.6 is 0 Å². The molecule has 98 valence electrons. The van der Waals surface area contributed by atoms with Crippen molar-refractivity contribution >= 4 is 11.7 Å². The molecule has 0 aromatic heterocycles. The van der Waals surface area contributed by atoms with Gasteiger partial charge in [0.05, 0.1) is 17.4 Å². The molecule has 0 radical (unpaired) electrons. The summed E-state index contributed by atoms with van der Waals surface area (Å²) in [5.41, 5.74) is 5.99. The van der Waals surface area contributed by atoms with Crippen LogP contribution in [0.25, 0.3) is 0 Å². The second-order valence-corrected chi connectivity index (χ2v) is 4.32. The van der Waals surface area contributed by atoms with Crippen molar-refractivity contribution in [3.05, 3.63) is 23.8 Å². The van der Waals surface area contributed by atoms with Crippen molar-refractivity contribution < 1.29 is 19.4 Å². The molecule has 1 aromatic rings. The van der Waals surface area contributed by atoms with E-state index in [1.807, 2.05) is 0 Å². The molecule has 1 saturated heterocycles. The smallest absolute Gasteiger partial charge is 0.337 e. The molecule has 3 N–H and O–H groups in total. The lowest BCUT2D eigenvalue weighted by Crippen LogP contribution is -2.26. The maximum absolute atomic E-state index is 10.9. The Labute approximate surface area is 106 Å². The number of ether oxygens (including phenoxy) is 2. The number of hydrogen-bond donors (Lipinski definition) is 2. The van der Waals surface area contributed by atoms with Gasteiger partial charge in [0.15, 0.2) is 0 Å². The summed E-state index contributed by atoms with van der Waals surface area (Å²) in [5.74, 6) is -0.643. The highest BCUT2D eigenvalue weighted by Gasteiger charge is 2.16. The van der Waals surface area contributed by atoms with Gasteiger partial charge in [0.25, 0.3) is 0 Å². The minimum Gasteiger partial charge on any atom is -0.489 e. The van der Waals surface area contributed by atoms with E-state index in [9.17, 15) is 4.79 Å². The molecule has 18 heavy (non-hydrogen) atoms. The minimum atomic E-state index is -1.05. The van der Waals surface area contributed by atoms with Gasteiger partial charge in [-0.05, 0) is 31.4 Å². The number of para-hydroxylation sites is 1. The topological polar surface area (TPSA) is 81.8 Å². The van der Waals surface area contributed by atoms with Gasteiger partial charge in [-0.25, -0.2) is 4.79 Å². The van der Waals surface area contributed by atoms with Gasteiger partial charge in [-0.3, -0.25) is 0 Å². The molecule has 1 heterocycles. The molecule has 0 saturated carbocycles. The second-order valence-electron chi connectivity index (χ2n) is 4.32. The molecule has 1 fully saturated rings. The molecule has 0 bridgehead atoms. The Morgan fingerprint density at radius 2 is 2.33 bits per heavy atom. The number of carboxylic acids is 1. The Bertz CT molecular complexity index is 427. The summed E-state index contributed by atoms with van der Waals surface area (Å²) >= 11 is 0. The van der Waals surface area contributed by atoms with Crippen LogP contribution < -0.4 is 10.5 Å². The van der Waals surface area contributed by atoms with Crippen LogP contribution in [0.3, 0.4) is 0 Å². The van der Waals surface area contributed by atoms with Crippen molar-refractivity contribution in [2.45, 2.75) is 25.4 Å². The minimum absolute atomic E-state index is 0.0667. The van der Waals surface area contributed by atoms with E-state index in [-0.39, 0.29) is 17.4 Å². The zero-order valence-corrected chi connectivity index (χ0v) is 10.1. The van der Waals surface area contributed by atoms with E-state index in [4.69, 9.17) is 20.3 Å². The SMILES string of the molecule is Nc1c(OCC2CCCCO2)cccc1C(=O)O. The Hall–Kier alpha value is -1.75. The first-order valence-corrected chi connectivity index (χ1v) is 6.04. The first-order valence-electron chi connectivity index (χ1n) is 6.04. The molecular weight excluding hydrogens is 234 g/mol. The lowest BCUT2D eigenvalue weighted by atomic mass is 10.1. The molecule has 0 aliphatic carbocycles. The molecule has 1 atom stereocenters. The van der Waals surface area contributed by atoms with Crippen LogP contribution in [0.2, 0.25) is 0 Å². The zero-order chi connectivity index (χ0) is 13.0. The van der Waals surface area contributed by atoms with Crippen LogP contribution in [-0.2, 0) is 4.74 Å². The van der Waals surface area contributed by atoms with Crippen LogP contribution in [0.1, 0.15) is 29.6 Å². The summed E-state index contributed by atoms with van der Waals surface area (Å²) in [4.78, 5) is 10.9. The fraction of sp³-hybridized carbons (Fsp3) is 0.462. The van der Waals surface area contributed by atoms with E-state index < -0.39 is 5.97 Å². The fourth-order valence-corrected chi connectivity index (χ4v) is 1.98. The molecule has 5 nitrogen and oxygen atoms in total.